The Kier molecular flexibility index (Phi) is 6.09. The molecule has 0 aliphatic rings. The van der Waals surface area contributed by atoms with Crippen molar-refractivity contribution in [3.8, 4) is 0 Å². The van der Waals surface area contributed by atoms with Gasteiger partial charge in [0.25, 0.3) is 0 Å². The van der Waals surface area contributed by atoms with E-state index in [0.29, 0.717) is 6.54 Å². The maximum atomic E-state index is 12.2. The first-order valence-electron chi connectivity index (χ1n) is 6.30. The van der Waals surface area contributed by atoms with Crippen LogP contribution in [0.4, 0.5) is 0 Å². The van der Waals surface area contributed by atoms with E-state index >= 15 is 0 Å². The molecule has 1 amide bonds. The molecule has 0 aliphatic carbocycles. The third-order valence-corrected chi connectivity index (χ3v) is 3.55. The lowest BCUT2D eigenvalue weighted by atomic mass is 9.76. The topological polar surface area (TPSA) is 57.6 Å². The minimum Gasteiger partial charge on any atom is -0.481 e. The number of hydrogen-bond acceptors (Lipinski definition) is 2. The van der Waals surface area contributed by atoms with Crippen molar-refractivity contribution in [1.82, 2.24) is 4.90 Å². The Labute approximate surface area is 110 Å². The molecular formula is C14H25NO3. The van der Waals surface area contributed by atoms with Crippen LogP contribution in [0.15, 0.2) is 12.7 Å². The van der Waals surface area contributed by atoms with E-state index in [0.717, 1.165) is 0 Å². The van der Waals surface area contributed by atoms with Gasteiger partial charge in [-0.15, -0.1) is 6.58 Å². The lowest BCUT2D eigenvalue weighted by Crippen LogP contribution is -2.43. The number of rotatable bonds is 7. The van der Waals surface area contributed by atoms with Crippen LogP contribution < -0.4 is 0 Å². The van der Waals surface area contributed by atoms with Crippen LogP contribution in [0.5, 0.6) is 0 Å². The first kappa shape index (κ1) is 16.7. The Balaban J connectivity index is 4.99. The van der Waals surface area contributed by atoms with Crippen molar-refractivity contribution in [1.29, 1.82) is 0 Å². The summed E-state index contributed by atoms with van der Waals surface area (Å²) in [4.78, 5) is 25.2. The highest BCUT2D eigenvalue weighted by Crippen LogP contribution is 2.32. The van der Waals surface area contributed by atoms with Crippen LogP contribution in [0.3, 0.4) is 0 Å². The minimum atomic E-state index is -1.02. The summed E-state index contributed by atoms with van der Waals surface area (Å²) in [6, 6.07) is 0.0423. The number of nitrogens with zero attached hydrogens (tertiary/aromatic N) is 1. The average Bonchev–Trinajstić information content (AvgIpc) is 2.24. The van der Waals surface area contributed by atoms with Gasteiger partial charge in [0.2, 0.25) is 5.91 Å². The van der Waals surface area contributed by atoms with E-state index in [9.17, 15) is 14.7 Å². The van der Waals surface area contributed by atoms with Gasteiger partial charge in [-0.3, -0.25) is 9.59 Å². The number of carbonyl (C=O) groups is 2. The third kappa shape index (κ3) is 3.86. The van der Waals surface area contributed by atoms with Crippen molar-refractivity contribution in [3.05, 3.63) is 12.7 Å². The predicted octanol–water partition coefficient (Wildman–Crippen LogP) is 2.55. The van der Waals surface area contributed by atoms with Crippen LogP contribution in [-0.2, 0) is 9.59 Å². The minimum absolute atomic E-state index is 0.0199. The van der Waals surface area contributed by atoms with Gasteiger partial charge in [0.1, 0.15) is 0 Å². The van der Waals surface area contributed by atoms with Gasteiger partial charge >= 0.3 is 5.97 Å². The van der Waals surface area contributed by atoms with Gasteiger partial charge in [0.05, 0.1) is 5.41 Å². The average molecular weight is 255 g/mol. The summed E-state index contributed by atoms with van der Waals surface area (Å²) in [6.07, 6.45) is 1.68. The molecule has 0 saturated heterocycles. The van der Waals surface area contributed by atoms with Gasteiger partial charge in [0, 0.05) is 19.0 Å². The molecule has 1 unspecified atom stereocenters. The number of carbonyl (C=O) groups excluding carboxylic acids is 1. The molecule has 0 aromatic heterocycles. The van der Waals surface area contributed by atoms with E-state index < -0.39 is 11.4 Å². The molecule has 1 atom stereocenters. The molecule has 18 heavy (non-hydrogen) atoms. The highest BCUT2D eigenvalue weighted by atomic mass is 16.4. The van der Waals surface area contributed by atoms with Crippen molar-refractivity contribution >= 4 is 11.9 Å². The van der Waals surface area contributed by atoms with E-state index in [-0.39, 0.29) is 24.3 Å². The van der Waals surface area contributed by atoms with E-state index in [1.54, 1.807) is 17.9 Å². The van der Waals surface area contributed by atoms with Gasteiger partial charge in [-0.25, -0.2) is 0 Å². The Morgan fingerprint density at radius 3 is 2.11 bits per heavy atom. The summed E-state index contributed by atoms with van der Waals surface area (Å²) in [5.74, 6) is -1.16. The molecule has 0 saturated carbocycles. The first-order valence-corrected chi connectivity index (χ1v) is 6.30. The second-order valence-corrected chi connectivity index (χ2v) is 5.48. The van der Waals surface area contributed by atoms with Crippen LogP contribution in [-0.4, -0.2) is 34.5 Å². The van der Waals surface area contributed by atoms with E-state index in [1.807, 2.05) is 27.7 Å². The Morgan fingerprint density at radius 1 is 1.33 bits per heavy atom. The van der Waals surface area contributed by atoms with E-state index in [1.165, 1.54) is 0 Å². The predicted molar refractivity (Wildman–Crippen MR) is 72.2 cm³/mol. The van der Waals surface area contributed by atoms with E-state index in [2.05, 4.69) is 6.58 Å². The number of amides is 1. The normalized spacial score (nSPS) is 14.4. The molecule has 104 valence electrons. The molecule has 0 aromatic carbocycles. The van der Waals surface area contributed by atoms with Gasteiger partial charge < -0.3 is 10.0 Å². The molecule has 1 N–H and O–H groups in total. The summed E-state index contributed by atoms with van der Waals surface area (Å²) >= 11 is 0. The smallest absolute Gasteiger partial charge is 0.310 e. The first-order chi connectivity index (χ1) is 8.16. The molecule has 0 fully saturated rings. The largest absolute Gasteiger partial charge is 0.481 e. The number of carboxylic acid groups (broad SMARTS) is 1. The molecule has 0 aliphatic heterocycles. The molecule has 0 bridgehead atoms. The zero-order chi connectivity index (χ0) is 14.5. The number of aliphatic carboxylic acids is 1. The Morgan fingerprint density at radius 2 is 1.83 bits per heavy atom. The lowest BCUT2D eigenvalue weighted by Gasteiger charge is -2.33. The molecule has 0 rings (SSSR count). The summed E-state index contributed by atoms with van der Waals surface area (Å²) in [6.45, 7) is 13.2. The van der Waals surface area contributed by atoms with Crippen molar-refractivity contribution in [3.63, 3.8) is 0 Å². The monoisotopic (exact) mass is 255 g/mol. The van der Waals surface area contributed by atoms with Crippen LogP contribution in [0.1, 0.15) is 41.0 Å². The SMILES string of the molecule is C=CCN(C(=O)CC(C)(C(=O)O)C(C)C)C(C)C. The van der Waals surface area contributed by atoms with Gasteiger partial charge in [-0.05, 0) is 26.7 Å². The molecule has 4 nitrogen and oxygen atoms in total. The summed E-state index contributed by atoms with van der Waals surface area (Å²) in [7, 11) is 0. The van der Waals surface area contributed by atoms with Crippen LogP contribution in [0.2, 0.25) is 0 Å². The summed E-state index contributed by atoms with van der Waals surface area (Å²) < 4.78 is 0. The second-order valence-electron chi connectivity index (χ2n) is 5.48. The zero-order valence-corrected chi connectivity index (χ0v) is 12.1. The van der Waals surface area contributed by atoms with Crippen molar-refractivity contribution in [2.75, 3.05) is 6.54 Å². The van der Waals surface area contributed by atoms with Gasteiger partial charge in [-0.2, -0.15) is 0 Å². The van der Waals surface area contributed by atoms with Crippen molar-refractivity contribution < 1.29 is 14.7 Å². The van der Waals surface area contributed by atoms with Crippen molar-refractivity contribution in [2.24, 2.45) is 11.3 Å². The van der Waals surface area contributed by atoms with Crippen molar-refractivity contribution in [2.45, 2.75) is 47.1 Å². The highest BCUT2D eigenvalue weighted by Gasteiger charge is 2.40. The molecule has 0 spiro atoms. The Bertz CT molecular complexity index is 323. The van der Waals surface area contributed by atoms with Gasteiger partial charge in [-0.1, -0.05) is 19.9 Å². The second kappa shape index (κ2) is 6.57. The maximum Gasteiger partial charge on any atom is 0.310 e. The molecule has 0 aromatic rings. The zero-order valence-electron chi connectivity index (χ0n) is 12.1. The van der Waals surface area contributed by atoms with Gasteiger partial charge in [0.15, 0.2) is 0 Å². The standard InChI is InChI=1S/C14H25NO3/c1-7-8-15(11(4)5)12(16)9-14(6,10(2)3)13(17)18/h7,10-11H,1,8-9H2,2-6H3,(H,17,18). The van der Waals surface area contributed by atoms with Crippen LogP contribution >= 0.6 is 0 Å². The molecular weight excluding hydrogens is 230 g/mol. The molecule has 0 heterocycles. The lowest BCUT2D eigenvalue weighted by molar-refractivity contribution is -0.155. The molecule has 0 radical (unpaired) electrons. The Hall–Kier alpha value is -1.32. The van der Waals surface area contributed by atoms with E-state index in [4.69, 9.17) is 0 Å². The fraction of sp³-hybridized carbons (Fsp3) is 0.714. The summed E-state index contributed by atoms with van der Waals surface area (Å²) in [5, 5.41) is 9.31. The number of hydrogen-bond donors (Lipinski definition) is 1. The number of carboxylic acids is 1. The maximum absolute atomic E-state index is 12.2. The molecule has 4 heteroatoms. The van der Waals surface area contributed by atoms with Crippen LogP contribution in [0, 0.1) is 11.3 Å². The quantitative estimate of drug-likeness (QED) is 0.711. The highest BCUT2D eigenvalue weighted by molar-refractivity contribution is 5.85. The fourth-order valence-corrected chi connectivity index (χ4v) is 1.68. The fourth-order valence-electron chi connectivity index (χ4n) is 1.68. The van der Waals surface area contributed by atoms with Crippen LogP contribution in [0.25, 0.3) is 0 Å². The third-order valence-electron chi connectivity index (χ3n) is 3.55. The summed E-state index contributed by atoms with van der Waals surface area (Å²) in [5.41, 5.74) is -1.02.